The van der Waals surface area contributed by atoms with Crippen LogP contribution in [0.1, 0.15) is 42.3 Å². The van der Waals surface area contributed by atoms with Gasteiger partial charge in [-0.15, -0.1) is 0 Å². The first-order valence-electron chi connectivity index (χ1n) is 9.54. The Hall–Kier alpha value is -2.70. The van der Waals surface area contributed by atoms with Gasteiger partial charge < -0.3 is 24.2 Å². The van der Waals surface area contributed by atoms with Crippen LogP contribution in [0.5, 0.6) is 11.5 Å². The number of aryl methyl sites for hydroxylation is 2. The standard InChI is InChI=1S/C21H32N4O3/c1-8-22-21(23-12-14(2)20-15(3)24-28-16(20)4)25(5)13-17-9-10-18(26-6)11-19(17)27-7/h9-11,14H,8,12-13H2,1-7H3,(H,22,23). The molecule has 0 radical (unpaired) electrons. The third kappa shape index (κ3) is 5.18. The normalized spacial score (nSPS) is 12.6. The van der Waals surface area contributed by atoms with Gasteiger partial charge in [0, 0.05) is 49.8 Å². The maximum atomic E-state index is 5.52. The van der Waals surface area contributed by atoms with E-state index in [1.807, 2.05) is 39.1 Å². The minimum atomic E-state index is 0.226. The van der Waals surface area contributed by atoms with Gasteiger partial charge in [-0.25, -0.2) is 0 Å². The zero-order chi connectivity index (χ0) is 20.7. The number of guanidine groups is 1. The Bertz CT molecular complexity index is 781. The number of rotatable bonds is 8. The van der Waals surface area contributed by atoms with Crippen LogP contribution in [0.3, 0.4) is 0 Å². The SMILES string of the molecule is CCNC(=NCC(C)c1c(C)noc1C)N(C)Cc1ccc(OC)cc1OC. The molecule has 0 saturated heterocycles. The van der Waals surface area contributed by atoms with Crippen LogP contribution in [0.2, 0.25) is 0 Å². The second-order valence-electron chi connectivity index (χ2n) is 6.87. The lowest BCUT2D eigenvalue weighted by molar-refractivity contribution is 0.382. The van der Waals surface area contributed by atoms with Crippen LogP contribution < -0.4 is 14.8 Å². The average Bonchev–Trinajstić information content (AvgIpc) is 3.03. The summed E-state index contributed by atoms with van der Waals surface area (Å²) in [7, 11) is 5.34. The van der Waals surface area contributed by atoms with Crippen LogP contribution in [-0.4, -0.2) is 50.4 Å². The highest BCUT2D eigenvalue weighted by atomic mass is 16.5. The van der Waals surface area contributed by atoms with Crippen molar-refractivity contribution >= 4 is 5.96 Å². The van der Waals surface area contributed by atoms with Crippen LogP contribution in [0.4, 0.5) is 0 Å². The molecule has 1 N–H and O–H groups in total. The summed E-state index contributed by atoms with van der Waals surface area (Å²) in [5.41, 5.74) is 3.13. The van der Waals surface area contributed by atoms with Crippen molar-refractivity contribution < 1.29 is 14.0 Å². The van der Waals surface area contributed by atoms with Crippen molar-refractivity contribution in [3.8, 4) is 11.5 Å². The van der Waals surface area contributed by atoms with Crippen molar-refractivity contribution in [3.63, 3.8) is 0 Å². The predicted molar refractivity (Wildman–Crippen MR) is 111 cm³/mol. The van der Waals surface area contributed by atoms with Gasteiger partial charge >= 0.3 is 0 Å². The lowest BCUT2D eigenvalue weighted by atomic mass is 10.00. The van der Waals surface area contributed by atoms with Crippen molar-refractivity contribution in [2.45, 2.75) is 40.2 Å². The predicted octanol–water partition coefficient (Wildman–Crippen LogP) is 3.51. The molecule has 1 aromatic carbocycles. The average molecular weight is 389 g/mol. The summed E-state index contributed by atoms with van der Waals surface area (Å²) in [6.07, 6.45) is 0. The van der Waals surface area contributed by atoms with Gasteiger partial charge in [-0.3, -0.25) is 4.99 Å². The quantitative estimate of drug-likeness (QED) is 0.551. The molecule has 2 rings (SSSR count). The monoisotopic (exact) mass is 388 g/mol. The number of hydrogen-bond donors (Lipinski definition) is 1. The van der Waals surface area contributed by atoms with Crippen LogP contribution in [0.25, 0.3) is 0 Å². The van der Waals surface area contributed by atoms with Crippen LogP contribution in [0, 0.1) is 13.8 Å². The van der Waals surface area contributed by atoms with E-state index in [2.05, 4.69) is 29.2 Å². The van der Waals surface area contributed by atoms with E-state index >= 15 is 0 Å². The van der Waals surface area contributed by atoms with E-state index in [4.69, 9.17) is 19.0 Å². The molecule has 154 valence electrons. The van der Waals surface area contributed by atoms with Crippen molar-refractivity contribution in [2.75, 3.05) is 34.4 Å². The van der Waals surface area contributed by atoms with Crippen molar-refractivity contribution in [1.82, 2.24) is 15.4 Å². The molecule has 1 aromatic heterocycles. The maximum Gasteiger partial charge on any atom is 0.193 e. The number of methoxy groups -OCH3 is 2. The summed E-state index contributed by atoms with van der Waals surface area (Å²) in [6, 6.07) is 5.85. The van der Waals surface area contributed by atoms with Gasteiger partial charge in [0.25, 0.3) is 0 Å². The molecular formula is C21H32N4O3. The van der Waals surface area contributed by atoms with Gasteiger partial charge in [-0.05, 0) is 32.9 Å². The van der Waals surface area contributed by atoms with Crippen molar-refractivity contribution in [1.29, 1.82) is 0 Å². The number of hydrogen-bond acceptors (Lipinski definition) is 5. The van der Waals surface area contributed by atoms with E-state index in [9.17, 15) is 0 Å². The molecule has 1 unspecified atom stereocenters. The molecule has 0 spiro atoms. The van der Waals surface area contributed by atoms with E-state index in [-0.39, 0.29) is 5.92 Å². The van der Waals surface area contributed by atoms with Crippen LogP contribution in [-0.2, 0) is 6.54 Å². The van der Waals surface area contributed by atoms with E-state index < -0.39 is 0 Å². The Labute approximate surface area is 167 Å². The third-order valence-corrected chi connectivity index (χ3v) is 4.69. The largest absolute Gasteiger partial charge is 0.497 e. The van der Waals surface area contributed by atoms with Gasteiger partial charge in [-0.2, -0.15) is 0 Å². The molecule has 0 saturated carbocycles. The third-order valence-electron chi connectivity index (χ3n) is 4.69. The highest BCUT2D eigenvalue weighted by Crippen LogP contribution is 2.26. The Morgan fingerprint density at radius 2 is 2.04 bits per heavy atom. The lowest BCUT2D eigenvalue weighted by Gasteiger charge is -2.24. The van der Waals surface area contributed by atoms with Gasteiger partial charge in [0.05, 0.1) is 19.9 Å². The van der Waals surface area contributed by atoms with Crippen LogP contribution in [0.15, 0.2) is 27.7 Å². The Morgan fingerprint density at radius 1 is 1.29 bits per heavy atom. The fourth-order valence-corrected chi connectivity index (χ4v) is 3.29. The van der Waals surface area contributed by atoms with Gasteiger partial charge in [-0.1, -0.05) is 12.1 Å². The minimum Gasteiger partial charge on any atom is -0.497 e. The van der Waals surface area contributed by atoms with Crippen molar-refractivity contribution in [3.05, 3.63) is 40.8 Å². The van der Waals surface area contributed by atoms with Crippen molar-refractivity contribution in [2.24, 2.45) is 4.99 Å². The first-order valence-corrected chi connectivity index (χ1v) is 9.54. The van der Waals surface area contributed by atoms with E-state index in [0.29, 0.717) is 13.1 Å². The molecule has 0 aliphatic carbocycles. The summed E-state index contributed by atoms with van der Waals surface area (Å²) in [6.45, 7) is 10.2. The number of ether oxygens (including phenoxy) is 2. The summed E-state index contributed by atoms with van der Waals surface area (Å²) in [5, 5.41) is 7.42. The molecule has 0 amide bonds. The number of aromatic nitrogens is 1. The summed E-state index contributed by atoms with van der Waals surface area (Å²) in [4.78, 5) is 6.92. The Balaban J connectivity index is 2.15. The number of aliphatic imine (C=N–C) groups is 1. The number of nitrogens with zero attached hydrogens (tertiary/aromatic N) is 3. The Kier molecular flexibility index (Phi) is 7.72. The first-order chi connectivity index (χ1) is 13.4. The zero-order valence-corrected chi connectivity index (χ0v) is 18.0. The highest BCUT2D eigenvalue weighted by Gasteiger charge is 2.17. The Morgan fingerprint density at radius 3 is 2.61 bits per heavy atom. The molecule has 1 atom stereocenters. The molecule has 7 nitrogen and oxygen atoms in total. The lowest BCUT2D eigenvalue weighted by Crippen LogP contribution is -2.38. The summed E-state index contributed by atoms with van der Waals surface area (Å²) in [5.74, 6) is 3.51. The zero-order valence-electron chi connectivity index (χ0n) is 18.0. The number of nitrogens with one attached hydrogen (secondary N) is 1. The topological polar surface area (TPSA) is 72.1 Å². The molecule has 2 aromatic rings. The van der Waals surface area contributed by atoms with E-state index in [0.717, 1.165) is 46.6 Å². The van der Waals surface area contributed by atoms with E-state index in [1.54, 1.807) is 14.2 Å². The molecule has 7 heteroatoms. The van der Waals surface area contributed by atoms with E-state index in [1.165, 1.54) is 0 Å². The smallest absolute Gasteiger partial charge is 0.193 e. The maximum absolute atomic E-state index is 5.52. The summed E-state index contributed by atoms with van der Waals surface area (Å²) < 4.78 is 16.1. The van der Waals surface area contributed by atoms with Gasteiger partial charge in [0.15, 0.2) is 5.96 Å². The molecule has 0 aliphatic rings. The second-order valence-corrected chi connectivity index (χ2v) is 6.87. The molecule has 0 fully saturated rings. The molecule has 1 heterocycles. The molecular weight excluding hydrogens is 356 g/mol. The highest BCUT2D eigenvalue weighted by molar-refractivity contribution is 5.79. The first kappa shape index (κ1) is 21.6. The minimum absolute atomic E-state index is 0.226. The van der Waals surface area contributed by atoms with Gasteiger partial charge in [0.1, 0.15) is 17.3 Å². The fourth-order valence-electron chi connectivity index (χ4n) is 3.29. The molecule has 28 heavy (non-hydrogen) atoms. The van der Waals surface area contributed by atoms with Crippen LogP contribution >= 0.6 is 0 Å². The summed E-state index contributed by atoms with van der Waals surface area (Å²) >= 11 is 0. The second kappa shape index (κ2) is 10.0. The number of benzene rings is 1. The van der Waals surface area contributed by atoms with Gasteiger partial charge in [0.2, 0.25) is 0 Å². The molecule has 0 aliphatic heterocycles. The molecule has 0 bridgehead atoms. The fraction of sp³-hybridized carbons (Fsp3) is 0.524.